The van der Waals surface area contributed by atoms with Gasteiger partial charge in [0, 0.05) is 0 Å². The SMILES string of the molecule is O=C(O)c1c(NS(=O)(=O)c2ccc(Cl)s2)ccc2ccccc12. The quantitative estimate of drug-likeness (QED) is 0.728. The maximum absolute atomic E-state index is 12.4. The highest BCUT2D eigenvalue weighted by molar-refractivity contribution is 7.94. The minimum absolute atomic E-state index is 0.0146. The Labute approximate surface area is 141 Å². The van der Waals surface area contributed by atoms with Crippen LogP contribution in [0.4, 0.5) is 5.69 Å². The van der Waals surface area contributed by atoms with Crippen molar-refractivity contribution in [2.75, 3.05) is 4.72 Å². The fraction of sp³-hybridized carbons (Fsp3) is 0. The number of thiophene rings is 1. The highest BCUT2D eigenvalue weighted by Crippen LogP contribution is 2.31. The molecule has 0 bridgehead atoms. The first-order valence-corrected chi connectivity index (χ1v) is 9.09. The summed E-state index contributed by atoms with van der Waals surface area (Å²) in [6.07, 6.45) is 0. The van der Waals surface area contributed by atoms with E-state index in [1.165, 1.54) is 18.2 Å². The van der Waals surface area contributed by atoms with Crippen LogP contribution in [0.5, 0.6) is 0 Å². The second-order valence-electron chi connectivity index (χ2n) is 4.68. The number of carbonyl (C=O) groups is 1. The fourth-order valence-electron chi connectivity index (χ4n) is 2.22. The molecular formula is C15H10ClNO4S2. The van der Waals surface area contributed by atoms with Crippen molar-refractivity contribution in [1.29, 1.82) is 0 Å². The van der Waals surface area contributed by atoms with Gasteiger partial charge < -0.3 is 5.11 Å². The molecule has 0 amide bonds. The Kier molecular flexibility index (Phi) is 4.01. The summed E-state index contributed by atoms with van der Waals surface area (Å²) in [5.41, 5.74) is -0.0740. The normalized spacial score (nSPS) is 11.5. The Morgan fingerprint density at radius 3 is 2.48 bits per heavy atom. The van der Waals surface area contributed by atoms with Crippen molar-refractivity contribution < 1.29 is 18.3 Å². The van der Waals surface area contributed by atoms with Gasteiger partial charge in [-0.3, -0.25) is 4.72 Å². The highest BCUT2D eigenvalue weighted by atomic mass is 35.5. The molecule has 0 fully saturated rings. The van der Waals surface area contributed by atoms with E-state index >= 15 is 0 Å². The molecule has 0 aliphatic rings. The van der Waals surface area contributed by atoms with Crippen molar-refractivity contribution in [2.45, 2.75) is 4.21 Å². The average Bonchev–Trinajstić information content (AvgIpc) is 2.94. The summed E-state index contributed by atoms with van der Waals surface area (Å²) in [5.74, 6) is -1.20. The molecule has 0 atom stereocenters. The van der Waals surface area contributed by atoms with Crippen LogP contribution in [0.15, 0.2) is 52.7 Å². The van der Waals surface area contributed by atoms with Crippen LogP contribution in [0, 0.1) is 0 Å². The van der Waals surface area contributed by atoms with Crippen molar-refractivity contribution in [3.63, 3.8) is 0 Å². The molecular weight excluding hydrogens is 358 g/mol. The zero-order valence-electron chi connectivity index (χ0n) is 11.5. The second-order valence-corrected chi connectivity index (χ2v) is 8.30. The van der Waals surface area contributed by atoms with Gasteiger partial charge in [-0.1, -0.05) is 41.9 Å². The first-order valence-electron chi connectivity index (χ1n) is 6.42. The van der Waals surface area contributed by atoms with Gasteiger partial charge in [0.05, 0.1) is 15.6 Å². The number of anilines is 1. The van der Waals surface area contributed by atoms with E-state index in [2.05, 4.69) is 4.72 Å². The van der Waals surface area contributed by atoms with E-state index < -0.39 is 16.0 Å². The summed E-state index contributed by atoms with van der Waals surface area (Å²) in [6, 6.07) is 12.8. The lowest BCUT2D eigenvalue weighted by Crippen LogP contribution is -2.14. The molecule has 0 radical (unpaired) electrons. The lowest BCUT2D eigenvalue weighted by Gasteiger charge is -2.11. The third kappa shape index (κ3) is 3.03. The molecule has 0 unspecified atom stereocenters. The molecule has 8 heteroatoms. The number of halogens is 1. The summed E-state index contributed by atoms with van der Waals surface area (Å²) < 4.78 is 27.4. The van der Waals surface area contributed by atoms with Crippen LogP contribution in [-0.4, -0.2) is 19.5 Å². The highest BCUT2D eigenvalue weighted by Gasteiger charge is 2.21. The fourth-order valence-corrected chi connectivity index (χ4v) is 4.78. The van der Waals surface area contributed by atoms with Crippen LogP contribution >= 0.6 is 22.9 Å². The molecule has 2 N–H and O–H groups in total. The molecule has 3 aromatic rings. The number of carboxylic acids is 1. The molecule has 1 heterocycles. The van der Waals surface area contributed by atoms with Crippen molar-refractivity contribution in [2.24, 2.45) is 0 Å². The van der Waals surface area contributed by atoms with Gasteiger partial charge in [-0.25, -0.2) is 13.2 Å². The Balaban J connectivity index is 2.13. The van der Waals surface area contributed by atoms with E-state index in [1.54, 1.807) is 30.3 Å². The predicted octanol–water partition coefficient (Wildman–Crippen LogP) is 4.05. The van der Waals surface area contributed by atoms with E-state index in [9.17, 15) is 18.3 Å². The van der Waals surface area contributed by atoms with Crippen molar-refractivity contribution in [1.82, 2.24) is 0 Å². The Bertz CT molecular complexity index is 1010. The van der Waals surface area contributed by atoms with E-state index in [1.807, 2.05) is 0 Å². The molecule has 118 valence electrons. The number of benzene rings is 2. The zero-order chi connectivity index (χ0) is 16.6. The van der Waals surface area contributed by atoms with E-state index in [-0.39, 0.29) is 15.5 Å². The van der Waals surface area contributed by atoms with Gasteiger partial charge in [0.1, 0.15) is 4.21 Å². The second kappa shape index (κ2) is 5.84. The number of carboxylic acid groups (broad SMARTS) is 1. The number of rotatable bonds is 4. The van der Waals surface area contributed by atoms with Gasteiger partial charge in [0.25, 0.3) is 10.0 Å². The van der Waals surface area contributed by atoms with Crippen LogP contribution < -0.4 is 4.72 Å². The maximum Gasteiger partial charge on any atom is 0.338 e. The van der Waals surface area contributed by atoms with Crippen molar-refractivity contribution in [3.8, 4) is 0 Å². The Morgan fingerprint density at radius 1 is 1.09 bits per heavy atom. The van der Waals surface area contributed by atoms with Crippen LogP contribution in [0.25, 0.3) is 10.8 Å². The van der Waals surface area contributed by atoms with Gasteiger partial charge >= 0.3 is 5.97 Å². The summed E-state index contributed by atoms with van der Waals surface area (Å²) in [4.78, 5) is 11.6. The number of nitrogens with one attached hydrogen (secondary N) is 1. The van der Waals surface area contributed by atoms with Crippen LogP contribution in [-0.2, 0) is 10.0 Å². The van der Waals surface area contributed by atoms with E-state index in [0.29, 0.717) is 15.1 Å². The third-order valence-electron chi connectivity index (χ3n) is 3.20. The minimum atomic E-state index is -3.90. The third-order valence-corrected chi connectivity index (χ3v) is 6.29. The number of fused-ring (bicyclic) bond motifs is 1. The smallest absolute Gasteiger partial charge is 0.338 e. The van der Waals surface area contributed by atoms with Gasteiger partial charge in [0.15, 0.2) is 0 Å². The summed E-state index contributed by atoms with van der Waals surface area (Å²) in [5, 5.41) is 10.7. The van der Waals surface area contributed by atoms with Gasteiger partial charge in [-0.15, -0.1) is 11.3 Å². The van der Waals surface area contributed by atoms with Crippen LogP contribution in [0.3, 0.4) is 0 Å². The molecule has 0 aliphatic heterocycles. The van der Waals surface area contributed by atoms with Gasteiger partial charge in [-0.05, 0) is 29.0 Å². The first kappa shape index (κ1) is 15.8. The van der Waals surface area contributed by atoms with E-state index in [0.717, 1.165) is 11.3 Å². The zero-order valence-corrected chi connectivity index (χ0v) is 13.9. The molecule has 2 aromatic carbocycles. The van der Waals surface area contributed by atoms with Crippen LogP contribution in [0.2, 0.25) is 4.34 Å². The first-order chi connectivity index (χ1) is 10.9. The summed E-state index contributed by atoms with van der Waals surface area (Å²) in [6.45, 7) is 0. The van der Waals surface area contributed by atoms with Gasteiger partial charge in [-0.2, -0.15) is 0 Å². The molecule has 0 saturated carbocycles. The number of hydrogen-bond donors (Lipinski definition) is 2. The molecule has 1 aromatic heterocycles. The van der Waals surface area contributed by atoms with E-state index in [4.69, 9.17) is 11.6 Å². The Morgan fingerprint density at radius 2 is 1.83 bits per heavy atom. The molecule has 3 rings (SSSR count). The van der Waals surface area contributed by atoms with Crippen LogP contribution in [0.1, 0.15) is 10.4 Å². The number of aromatic carboxylic acids is 1. The molecule has 0 saturated heterocycles. The Hall–Kier alpha value is -2.09. The van der Waals surface area contributed by atoms with Gasteiger partial charge in [0.2, 0.25) is 0 Å². The summed E-state index contributed by atoms with van der Waals surface area (Å²) >= 11 is 6.66. The molecule has 0 spiro atoms. The molecule has 0 aliphatic carbocycles. The monoisotopic (exact) mass is 367 g/mol. The lowest BCUT2D eigenvalue weighted by molar-refractivity contribution is 0.0700. The molecule has 23 heavy (non-hydrogen) atoms. The summed E-state index contributed by atoms with van der Waals surface area (Å²) in [7, 11) is -3.90. The maximum atomic E-state index is 12.4. The topological polar surface area (TPSA) is 83.5 Å². The lowest BCUT2D eigenvalue weighted by atomic mass is 10.0. The standard InChI is InChI=1S/C15H10ClNO4S2/c16-12-7-8-13(22-12)23(20,21)17-11-6-5-9-3-1-2-4-10(9)14(11)15(18)19/h1-8,17H,(H,18,19). The van der Waals surface area contributed by atoms with Crippen molar-refractivity contribution in [3.05, 3.63) is 58.4 Å². The molecule has 5 nitrogen and oxygen atoms in total. The number of sulfonamides is 1. The minimum Gasteiger partial charge on any atom is -0.478 e. The largest absolute Gasteiger partial charge is 0.478 e. The average molecular weight is 368 g/mol. The number of hydrogen-bond acceptors (Lipinski definition) is 4. The van der Waals surface area contributed by atoms with Crippen molar-refractivity contribution >= 4 is 55.4 Å². The predicted molar refractivity (Wildman–Crippen MR) is 91.0 cm³/mol.